The molecule has 0 saturated heterocycles. The Kier molecular flexibility index (Phi) is 6.82. The number of hydrogen-bond donors (Lipinski definition) is 1. The molecule has 0 fully saturated rings. The van der Waals surface area contributed by atoms with Gasteiger partial charge in [0.15, 0.2) is 5.69 Å². The van der Waals surface area contributed by atoms with Crippen molar-refractivity contribution in [2.75, 3.05) is 33.1 Å². The number of ether oxygens (including phenoxy) is 1. The van der Waals surface area contributed by atoms with Crippen LogP contribution in [0.3, 0.4) is 0 Å². The van der Waals surface area contributed by atoms with Gasteiger partial charge in [-0.1, -0.05) is 12.1 Å². The second-order valence-electron chi connectivity index (χ2n) is 6.53. The maximum atomic E-state index is 13.0. The van der Waals surface area contributed by atoms with Crippen LogP contribution in [0.1, 0.15) is 17.2 Å². The molecule has 0 heterocycles. The van der Waals surface area contributed by atoms with Crippen LogP contribution in [0, 0.1) is 20.2 Å². The first-order valence-corrected chi connectivity index (χ1v) is 8.54. The third-order valence-corrected chi connectivity index (χ3v) is 4.41. The normalized spacial score (nSPS) is 12.5. The monoisotopic (exact) mass is 428 g/mol. The summed E-state index contributed by atoms with van der Waals surface area (Å²) in [7, 11) is 4.96. The number of anilines is 1. The van der Waals surface area contributed by atoms with E-state index in [1.807, 2.05) is 0 Å². The van der Waals surface area contributed by atoms with Gasteiger partial charge < -0.3 is 15.0 Å². The van der Waals surface area contributed by atoms with Gasteiger partial charge in [-0.15, -0.1) is 0 Å². The third kappa shape index (κ3) is 5.14. The van der Waals surface area contributed by atoms with Gasteiger partial charge in [0.1, 0.15) is 5.75 Å². The molecule has 0 aliphatic rings. The molecule has 9 nitrogen and oxygen atoms in total. The van der Waals surface area contributed by atoms with Gasteiger partial charge in [-0.25, -0.2) is 0 Å². The largest absolute Gasteiger partial charge is 0.497 e. The van der Waals surface area contributed by atoms with Crippen molar-refractivity contribution in [1.82, 2.24) is 4.90 Å². The van der Waals surface area contributed by atoms with Crippen LogP contribution in [-0.4, -0.2) is 42.5 Å². The highest BCUT2D eigenvalue weighted by Crippen LogP contribution is 2.41. The number of nitro groups is 2. The summed E-state index contributed by atoms with van der Waals surface area (Å²) in [5, 5.41) is 25.3. The lowest BCUT2D eigenvalue weighted by Crippen LogP contribution is -2.27. The van der Waals surface area contributed by atoms with Crippen molar-refractivity contribution in [1.29, 1.82) is 0 Å². The van der Waals surface area contributed by atoms with Crippen molar-refractivity contribution in [3.8, 4) is 5.75 Å². The zero-order chi connectivity index (χ0) is 22.6. The molecule has 0 saturated carbocycles. The first-order valence-electron chi connectivity index (χ1n) is 8.54. The van der Waals surface area contributed by atoms with Crippen LogP contribution in [0.5, 0.6) is 5.75 Å². The summed E-state index contributed by atoms with van der Waals surface area (Å²) in [4.78, 5) is 22.3. The van der Waals surface area contributed by atoms with Gasteiger partial charge in [-0.05, 0) is 31.8 Å². The molecule has 0 aromatic heterocycles. The van der Waals surface area contributed by atoms with Gasteiger partial charge in [0, 0.05) is 18.7 Å². The van der Waals surface area contributed by atoms with Gasteiger partial charge in [-0.3, -0.25) is 20.2 Å². The Morgan fingerprint density at radius 1 is 1.07 bits per heavy atom. The van der Waals surface area contributed by atoms with Crippen LogP contribution in [0.2, 0.25) is 0 Å². The van der Waals surface area contributed by atoms with E-state index in [4.69, 9.17) is 4.74 Å². The molecular weight excluding hydrogens is 409 g/mol. The van der Waals surface area contributed by atoms with E-state index in [-0.39, 0.29) is 18.7 Å². The first-order chi connectivity index (χ1) is 14.0. The minimum Gasteiger partial charge on any atom is -0.497 e. The average Bonchev–Trinajstić information content (AvgIpc) is 2.66. The number of nitrogens with one attached hydrogen (secondary N) is 1. The molecule has 12 heteroatoms. The van der Waals surface area contributed by atoms with Crippen molar-refractivity contribution in [3.63, 3.8) is 0 Å². The van der Waals surface area contributed by atoms with Crippen molar-refractivity contribution in [3.05, 3.63) is 67.8 Å². The Bertz CT molecular complexity index is 897. The van der Waals surface area contributed by atoms with E-state index in [1.54, 1.807) is 43.3 Å². The molecular formula is C18H19F3N4O5. The lowest BCUT2D eigenvalue weighted by molar-refractivity contribution is -0.392. The van der Waals surface area contributed by atoms with E-state index < -0.39 is 44.7 Å². The van der Waals surface area contributed by atoms with Crippen LogP contribution in [-0.2, 0) is 6.18 Å². The molecule has 30 heavy (non-hydrogen) atoms. The number of likely N-dealkylation sites (N-methyl/N-ethyl adjacent to an activating group) is 1. The summed E-state index contributed by atoms with van der Waals surface area (Å²) < 4.78 is 44.2. The Morgan fingerprint density at radius 2 is 1.57 bits per heavy atom. The molecule has 0 radical (unpaired) electrons. The van der Waals surface area contributed by atoms with Gasteiger partial charge in [0.05, 0.1) is 28.6 Å². The Labute approximate surface area is 169 Å². The number of benzene rings is 2. The molecule has 0 amide bonds. The van der Waals surface area contributed by atoms with Crippen molar-refractivity contribution in [2.24, 2.45) is 0 Å². The number of nitro benzene ring substituents is 2. The number of hydrogen-bond acceptors (Lipinski definition) is 7. The molecule has 1 atom stereocenters. The molecule has 2 aromatic rings. The third-order valence-electron chi connectivity index (χ3n) is 4.41. The topological polar surface area (TPSA) is 111 Å². The highest BCUT2D eigenvalue weighted by Gasteiger charge is 2.37. The quantitative estimate of drug-likeness (QED) is 0.494. The predicted octanol–water partition coefficient (Wildman–Crippen LogP) is 4.25. The fourth-order valence-electron chi connectivity index (χ4n) is 2.87. The minimum absolute atomic E-state index is 0.0353. The first kappa shape index (κ1) is 22.9. The molecule has 162 valence electrons. The smallest absolute Gasteiger partial charge is 0.416 e. The summed E-state index contributed by atoms with van der Waals surface area (Å²) in [5.74, 6) is 0.609. The van der Waals surface area contributed by atoms with Crippen molar-refractivity contribution in [2.45, 2.75) is 12.2 Å². The number of methoxy groups -OCH3 is 1. The summed E-state index contributed by atoms with van der Waals surface area (Å²) in [5.41, 5.74) is -3.33. The minimum atomic E-state index is -4.97. The number of nitrogens with zero attached hydrogens (tertiary/aromatic N) is 3. The van der Waals surface area contributed by atoms with Gasteiger partial charge in [-0.2, -0.15) is 13.2 Å². The summed E-state index contributed by atoms with van der Waals surface area (Å²) in [6.07, 6.45) is -4.97. The molecule has 1 unspecified atom stereocenters. The maximum Gasteiger partial charge on any atom is 0.416 e. The highest BCUT2D eigenvalue weighted by molar-refractivity contribution is 5.75. The molecule has 0 aliphatic heterocycles. The fourth-order valence-corrected chi connectivity index (χ4v) is 2.87. The zero-order valence-electron chi connectivity index (χ0n) is 16.3. The number of halogens is 3. The number of alkyl halides is 3. The Morgan fingerprint density at radius 3 is 1.93 bits per heavy atom. The van der Waals surface area contributed by atoms with E-state index in [0.717, 1.165) is 5.56 Å². The SMILES string of the molecule is COc1ccc(C(CNc2c([N+](=O)[O-])cc(C(F)(F)F)cc2[N+](=O)[O-])N(C)C)cc1. The molecule has 0 spiro atoms. The fraction of sp³-hybridized carbons (Fsp3) is 0.333. The van der Waals surface area contributed by atoms with Crippen LogP contribution in [0.15, 0.2) is 36.4 Å². The Balaban J connectivity index is 2.46. The molecule has 1 N–H and O–H groups in total. The molecule has 0 bridgehead atoms. The molecule has 2 rings (SSSR count). The predicted molar refractivity (Wildman–Crippen MR) is 103 cm³/mol. The van der Waals surface area contributed by atoms with Gasteiger partial charge in [0.25, 0.3) is 11.4 Å². The van der Waals surface area contributed by atoms with E-state index in [9.17, 15) is 33.4 Å². The summed E-state index contributed by atoms with van der Waals surface area (Å²) in [6, 6.07) is 7.09. The van der Waals surface area contributed by atoms with Crippen LogP contribution < -0.4 is 10.1 Å². The second kappa shape index (κ2) is 8.95. The average molecular weight is 428 g/mol. The summed E-state index contributed by atoms with van der Waals surface area (Å²) >= 11 is 0. The molecule has 0 aliphatic carbocycles. The van der Waals surface area contributed by atoms with Crippen LogP contribution >= 0.6 is 0 Å². The van der Waals surface area contributed by atoms with Gasteiger partial charge >= 0.3 is 6.18 Å². The second-order valence-corrected chi connectivity index (χ2v) is 6.53. The van der Waals surface area contributed by atoms with E-state index in [1.165, 1.54) is 7.11 Å². The van der Waals surface area contributed by atoms with E-state index >= 15 is 0 Å². The molecule has 2 aromatic carbocycles. The number of rotatable bonds is 8. The Hall–Kier alpha value is -3.41. The lowest BCUT2D eigenvalue weighted by atomic mass is 10.0. The van der Waals surface area contributed by atoms with Crippen molar-refractivity contribution < 1.29 is 27.8 Å². The zero-order valence-corrected chi connectivity index (χ0v) is 16.3. The maximum absolute atomic E-state index is 13.0. The standard InChI is InChI=1S/C18H19F3N4O5/c1-23(2)16(11-4-6-13(30-3)7-5-11)10-22-17-14(24(26)27)8-12(18(19,20)21)9-15(17)25(28)29/h4-9,16,22H,10H2,1-3H3. The van der Waals surface area contributed by atoms with E-state index in [2.05, 4.69) is 5.32 Å². The van der Waals surface area contributed by atoms with Crippen LogP contribution in [0.25, 0.3) is 0 Å². The summed E-state index contributed by atoms with van der Waals surface area (Å²) in [6.45, 7) is -0.0353. The van der Waals surface area contributed by atoms with E-state index in [0.29, 0.717) is 5.75 Å². The highest BCUT2D eigenvalue weighted by atomic mass is 19.4. The van der Waals surface area contributed by atoms with Crippen LogP contribution in [0.4, 0.5) is 30.2 Å². The lowest BCUT2D eigenvalue weighted by Gasteiger charge is -2.25. The van der Waals surface area contributed by atoms with Gasteiger partial charge in [0.2, 0.25) is 0 Å². The van der Waals surface area contributed by atoms with Crippen molar-refractivity contribution >= 4 is 17.1 Å².